The summed E-state index contributed by atoms with van der Waals surface area (Å²) in [4.78, 5) is 14.3. The lowest BCUT2D eigenvalue weighted by molar-refractivity contribution is -0.137. The van der Waals surface area contributed by atoms with Gasteiger partial charge in [0.25, 0.3) is 0 Å². The van der Waals surface area contributed by atoms with Crippen LogP contribution in [-0.4, -0.2) is 16.1 Å². The van der Waals surface area contributed by atoms with Crippen molar-refractivity contribution in [1.29, 1.82) is 0 Å². The Labute approximate surface area is 120 Å². The second-order valence-corrected chi connectivity index (χ2v) is 6.67. The highest BCUT2D eigenvalue weighted by Gasteiger charge is 2.20. The summed E-state index contributed by atoms with van der Waals surface area (Å²) in [5.74, 6) is -0.741. The summed E-state index contributed by atoms with van der Waals surface area (Å²) >= 11 is 0. The number of rotatable bonds is 3. The Morgan fingerprint density at radius 3 is 2.55 bits per heavy atom. The molecular formula is C17H23NO2. The molecule has 0 bridgehead atoms. The zero-order valence-corrected chi connectivity index (χ0v) is 12.9. The van der Waals surface area contributed by atoms with E-state index in [2.05, 4.69) is 44.0 Å². The minimum absolute atomic E-state index is 0.0106. The van der Waals surface area contributed by atoms with Crippen LogP contribution in [0.4, 0.5) is 0 Å². The lowest BCUT2D eigenvalue weighted by Crippen LogP contribution is -2.10. The molecule has 0 radical (unpaired) electrons. The summed E-state index contributed by atoms with van der Waals surface area (Å²) in [6, 6.07) is 6.44. The summed E-state index contributed by atoms with van der Waals surface area (Å²) in [5, 5.41) is 10.2. The van der Waals surface area contributed by atoms with Crippen LogP contribution in [0.5, 0.6) is 0 Å². The molecule has 20 heavy (non-hydrogen) atoms. The molecule has 0 aliphatic rings. The van der Waals surface area contributed by atoms with Crippen LogP contribution in [0.15, 0.2) is 18.2 Å². The SMILES string of the molecule is Cc1[nH]c2ccc(C(C)(C)C)cc2c1C(C)CC(=O)O. The zero-order chi connectivity index (χ0) is 15.1. The Morgan fingerprint density at radius 1 is 1.35 bits per heavy atom. The van der Waals surface area contributed by atoms with E-state index in [1.54, 1.807) is 0 Å². The van der Waals surface area contributed by atoms with Gasteiger partial charge in [-0.25, -0.2) is 0 Å². The number of carboxylic acids is 1. The van der Waals surface area contributed by atoms with Crippen molar-refractivity contribution in [2.24, 2.45) is 0 Å². The summed E-state index contributed by atoms with van der Waals surface area (Å²) in [7, 11) is 0. The molecule has 2 rings (SSSR count). The van der Waals surface area contributed by atoms with Crippen LogP contribution in [0.2, 0.25) is 0 Å². The van der Waals surface area contributed by atoms with Crippen molar-refractivity contribution in [2.45, 2.75) is 52.4 Å². The van der Waals surface area contributed by atoms with E-state index in [4.69, 9.17) is 5.11 Å². The average molecular weight is 273 g/mol. The van der Waals surface area contributed by atoms with Gasteiger partial charge in [-0.2, -0.15) is 0 Å². The first kappa shape index (κ1) is 14.6. The second-order valence-electron chi connectivity index (χ2n) is 6.67. The third-order valence-electron chi connectivity index (χ3n) is 3.88. The van der Waals surface area contributed by atoms with E-state index in [-0.39, 0.29) is 17.8 Å². The molecule has 0 fully saturated rings. The Kier molecular flexibility index (Phi) is 3.63. The maximum atomic E-state index is 11.0. The quantitative estimate of drug-likeness (QED) is 0.873. The van der Waals surface area contributed by atoms with Gasteiger partial charge >= 0.3 is 5.97 Å². The number of aromatic amines is 1. The fourth-order valence-corrected chi connectivity index (χ4v) is 2.81. The molecule has 0 spiro atoms. The van der Waals surface area contributed by atoms with E-state index in [1.165, 1.54) is 5.56 Å². The largest absolute Gasteiger partial charge is 0.481 e. The highest BCUT2D eigenvalue weighted by molar-refractivity contribution is 5.86. The number of aryl methyl sites for hydroxylation is 1. The monoisotopic (exact) mass is 273 g/mol. The molecule has 1 atom stereocenters. The topological polar surface area (TPSA) is 53.1 Å². The minimum Gasteiger partial charge on any atom is -0.481 e. The van der Waals surface area contributed by atoms with Crippen LogP contribution in [0.25, 0.3) is 10.9 Å². The number of nitrogens with one attached hydrogen (secondary N) is 1. The van der Waals surface area contributed by atoms with E-state index < -0.39 is 5.97 Å². The van der Waals surface area contributed by atoms with Crippen molar-refractivity contribution in [3.8, 4) is 0 Å². The summed E-state index contributed by atoms with van der Waals surface area (Å²) in [6.07, 6.45) is 0.160. The maximum Gasteiger partial charge on any atom is 0.303 e. The van der Waals surface area contributed by atoms with Crippen molar-refractivity contribution >= 4 is 16.9 Å². The maximum absolute atomic E-state index is 11.0. The number of hydrogen-bond acceptors (Lipinski definition) is 1. The molecule has 0 aliphatic heterocycles. The van der Waals surface area contributed by atoms with Crippen LogP contribution in [0.3, 0.4) is 0 Å². The predicted octanol–water partition coefficient (Wildman–Crippen LogP) is 4.35. The molecule has 0 amide bonds. The summed E-state index contributed by atoms with van der Waals surface area (Å²) in [5.41, 5.74) is 4.65. The Bertz CT molecular complexity index is 647. The van der Waals surface area contributed by atoms with Crippen molar-refractivity contribution in [1.82, 2.24) is 4.98 Å². The number of carbonyl (C=O) groups is 1. The third-order valence-corrected chi connectivity index (χ3v) is 3.88. The van der Waals surface area contributed by atoms with Crippen LogP contribution in [-0.2, 0) is 10.2 Å². The molecule has 0 saturated heterocycles. The van der Waals surface area contributed by atoms with Crippen LogP contribution < -0.4 is 0 Å². The van der Waals surface area contributed by atoms with E-state index in [1.807, 2.05) is 13.8 Å². The van der Waals surface area contributed by atoms with E-state index in [0.717, 1.165) is 22.2 Å². The second kappa shape index (κ2) is 4.97. The molecule has 108 valence electrons. The Balaban J connectivity index is 2.58. The van der Waals surface area contributed by atoms with Gasteiger partial charge in [-0.1, -0.05) is 33.8 Å². The first-order valence-corrected chi connectivity index (χ1v) is 7.04. The molecule has 0 aliphatic carbocycles. The molecule has 3 heteroatoms. The van der Waals surface area contributed by atoms with Gasteiger partial charge in [-0.3, -0.25) is 4.79 Å². The number of benzene rings is 1. The molecule has 2 aromatic rings. The molecule has 2 N–H and O–H groups in total. The fraction of sp³-hybridized carbons (Fsp3) is 0.471. The van der Waals surface area contributed by atoms with Gasteiger partial charge in [0.2, 0.25) is 0 Å². The number of aliphatic carboxylic acids is 1. The Morgan fingerprint density at radius 2 is 2.00 bits per heavy atom. The van der Waals surface area contributed by atoms with Crippen molar-refractivity contribution in [3.63, 3.8) is 0 Å². The third kappa shape index (κ3) is 2.72. The number of hydrogen-bond donors (Lipinski definition) is 2. The number of carboxylic acid groups (broad SMARTS) is 1. The molecule has 1 heterocycles. The lowest BCUT2D eigenvalue weighted by Gasteiger charge is -2.19. The van der Waals surface area contributed by atoms with Gasteiger partial charge in [-0.05, 0) is 41.5 Å². The van der Waals surface area contributed by atoms with Gasteiger partial charge in [-0.15, -0.1) is 0 Å². The fourth-order valence-electron chi connectivity index (χ4n) is 2.81. The first-order chi connectivity index (χ1) is 9.20. The highest BCUT2D eigenvalue weighted by Crippen LogP contribution is 2.34. The molecular weight excluding hydrogens is 250 g/mol. The van der Waals surface area contributed by atoms with E-state index in [9.17, 15) is 4.79 Å². The van der Waals surface area contributed by atoms with Crippen molar-refractivity contribution in [3.05, 3.63) is 35.0 Å². The van der Waals surface area contributed by atoms with Crippen LogP contribution in [0.1, 0.15) is 56.9 Å². The molecule has 0 saturated carbocycles. The number of H-pyrrole nitrogens is 1. The van der Waals surface area contributed by atoms with Gasteiger partial charge in [0.1, 0.15) is 0 Å². The molecule has 1 aromatic heterocycles. The molecule has 1 unspecified atom stereocenters. The van der Waals surface area contributed by atoms with Gasteiger partial charge < -0.3 is 10.1 Å². The van der Waals surface area contributed by atoms with Crippen molar-refractivity contribution in [2.75, 3.05) is 0 Å². The standard InChI is InChI=1S/C17H23NO2/c1-10(8-15(19)20)16-11(2)18-14-7-6-12(9-13(14)16)17(3,4)5/h6-7,9-10,18H,8H2,1-5H3,(H,19,20). The summed E-state index contributed by atoms with van der Waals surface area (Å²) < 4.78 is 0. The minimum atomic E-state index is -0.752. The number of aromatic nitrogens is 1. The Hall–Kier alpha value is -1.77. The molecule has 1 aromatic carbocycles. The smallest absolute Gasteiger partial charge is 0.303 e. The lowest BCUT2D eigenvalue weighted by atomic mass is 9.85. The highest BCUT2D eigenvalue weighted by atomic mass is 16.4. The van der Waals surface area contributed by atoms with Gasteiger partial charge in [0.15, 0.2) is 0 Å². The van der Waals surface area contributed by atoms with E-state index in [0.29, 0.717) is 0 Å². The normalized spacial score (nSPS) is 13.7. The molecule has 3 nitrogen and oxygen atoms in total. The average Bonchev–Trinajstić information content (AvgIpc) is 2.61. The predicted molar refractivity (Wildman–Crippen MR) is 82.4 cm³/mol. The van der Waals surface area contributed by atoms with E-state index >= 15 is 0 Å². The van der Waals surface area contributed by atoms with Crippen LogP contribution in [0, 0.1) is 6.92 Å². The zero-order valence-electron chi connectivity index (χ0n) is 12.9. The van der Waals surface area contributed by atoms with Crippen LogP contribution >= 0.6 is 0 Å². The first-order valence-electron chi connectivity index (χ1n) is 7.04. The van der Waals surface area contributed by atoms with Gasteiger partial charge in [0.05, 0.1) is 6.42 Å². The van der Waals surface area contributed by atoms with Crippen molar-refractivity contribution < 1.29 is 9.90 Å². The summed E-state index contributed by atoms with van der Waals surface area (Å²) in [6.45, 7) is 10.6. The van der Waals surface area contributed by atoms with Gasteiger partial charge in [0, 0.05) is 16.6 Å². The number of fused-ring (bicyclic) bond motifs is 1.